The molecule has 0 aliphatic rings. The van der Waals surface area contributed by atoms with Crippen LogP contribution < -0.4 is 5.32 Å². The van der Waals surface area contributed by atoms with Crippen molar-refractivity contribution in [1.82, 2.24) is 9.36 Å². The number of rotatable bonds is 4. The summed E-state index contributed by atoms with van der Waals surface area (Å²) in [5, 5.41) is 23.0. The molecule has 0 spiro atoms. The molecule has 0 atom stereocenters. The van der Waals surface area contributed by atoms with E-state index in [9.17, 15) is 10.2 Å². The molecule has 3 N–H and O–H groups in total. The van der Waals surface area contributed by atoms with E-state index < -0.39 is 0 Å². The third-order valence-electron chi connectivity index (χ3n) is 3.10. The first-order valence-corrected chi connectivity index (χ1v) is 8.09. The molecule has 0 saturated heterocycles. The number of hydrogen-bond acceptors (Lipinski definition) is 6. The van der Waals surface area contributed by atoms with Crippen LogP contribution in [-0.2, 0) is 6.54 Å². The highest BCUT2D eigenvalue weighted by Gasteiger charge is 2.08. The van der Waals surface area contributed by atoms with Crippen molar-refractivity contribution in [2.75, 3.05) is 5.32 Å². The number of halogens is 2. The lowest BCUT2D eigenvalue weighted by Gasteiger charge is -2.10. The summed E-state index contributed by atoms with van der Waals surface area (Å²) in [6.45, 7) is 0.356. The number of nitrogens with zero attached hydrogens (tertiary/aromatic N) is 2. The van der Waals surface area contributed by atoms with Crippen LogP contribution in [0.4, 0.5) is 5.69 Å². The summed E-state index contributed by atoms with van der Waals surface area (Å²) in [6.07, 6.45) is 1.66. The van der Waals surface area contributed by atoms with Gasteiger partial charge < -0.3 is 15.5 Å². The first kappa shape index (κ1) is 15.9. The van der Waals surface area contributed by atoms with Gasteiger partial charge in [0.1, 0.15) is 5.75 Å². The highest BCUT2D eigenvalue weighted by Crippen LogP contribution is 2.32. The lowest BCUT2D eigenvalue weighted by Crippen LogP contribution is -2.00. The molecule has 0 fully saturated rings. The van der Waals surface area contributed by atoms with Crippen LogP contribution in [0.3, 0.4) is 0 Å². The number of hydrogen-bond donors (Lipinski definition) is 3. The molecule has 0 aliphatic heterocycles. The van der Waals surface area contributed by atoms with Crippen molar-refractivity contribution in [2.24, 2.45) is 0 Å². The second-order valence-corrected chi connectivity index (χ2v) is 6.38. The normalized spacial score (nSPS) is 10.7. The molecule has 2 heterocycles. The highest BCUT2D eigenvalue weighted by molar-refractivity contribution is 7.09. The van der Waals surface area contributed by atoms with E-state index in [0.29, 0.717) is 17.1 Å². The lowest BCUT2D eigenvalue weighted by molar-refractivity contribution is 0.460. The molecule has 8 heteroatoms. The Bertz CT molecular complexity index is 837. The largest absolute Gasteiger partial charge is 0.506 e. The van der Waals surface area contributed by atoms with E-state index in [1.54, 1.807) is 18.3 Å². The minimum absolute atomic E-state index is 0.00767. The number of pyridine rings is 1. The molecule has 0 aliphatic carbocycles. The number of anilines is 1. The summed E-state index contributed by atoms with van der Waals surface area (Å²) in [6, 6.07) is 8.37. The average molecular weight is 368 g/mol. The Morgan fingerprint density at radius 2 is 1.96 bits per heavy atom. The van der Waals surface area contributed by atoms with E-state index in [1.807, 2.05) is 12.1 Å². The fourth-order valence-electron chi connectivity index (χ4n) is 1.98. The number of phenols is 1. The monoisotopic (exact) mass is 367 g/mol. The van der Waals surface area contributed by atoms with Gasteiger partial charge in [-0.3, -0.25) is 4.98 Å². The maximum atomic E-state index is 9.92. The fourth-order valence-corrected chi connectivity index (χ4v) is 3.13. The van der Waals surface area contributed by atoms with Gasteiger partial charge in [0.15, 0.2) is 0 Å². The number of aromatic nitrogens is 2. The van der Waals surface area contributed by atoms with Gasteiger partial charge in [-0.1, -0.05) is 23.2 Å². The van der Waals surface area contributed by atoms with E-state index in [1.165, 1.54) is 17.6 Å². The van der Waals surface area contributed by atoms with Gasteiger partial charge in [-0.25, -0.2) is 0 Å². The minimum atomic E-state index is -0.0117. The summed E-state index contributed by atoms with van der Waals surface area (Å²) in [5.41, 5.74) is 2.10. The van der Waals surface area contributed by atoms with Crippen molar-refractivity contribution in [1.29, 1.82) is 0 Å². The van der Waals surface area contributed by atoms with Gasteiger partial charge in [0.2, 0.25) is 5.88 Å². The minimum Gasteiger partial charge on any atom is -0.506 e. The molecule has 3 rings (SSSR count). The third-order valence-corrected chi connectivity index (χ3v) is 4.41. The molecule has 2 aromatic heterocycles. The van der Waals surface area contributed by atoms with Crippen LogP contribution >= 0.6 is 34.7 Å². The van der Waals surface area contributed by atoms with Crippen molar-refractivity contribution in [3.05, 3.63) is 52.1 Å². The molecule has 5 nitrogen and oxygen atoms in total. The predicted octanol–water partition coefficient (Wildman–Crippen LogP) is 4.54. The summed E-state index contributed by atoms with van der Waals surface area (Å²) in [5.74, 6) is -0.00408. The van der Waals surface area contributed by atoms with Gasteiger partial charge in [-0.05, 0) is 35.8 Å². The predicted molar refractivity (Wildman–Crippen MR) is 92.5 cm³/mol. The summed E-state index contributed by atoms with van der Waals surface area (Å²) in [7, 11) is 0. The molecule has 118 valence electrons. The Labute approximate surface area is 146 Å². The number of phenolic OH excluding ortho intramolecular Hbond substituents is 1. The molecule has 0 saturated carbocycles. The summed E-state index contributed by atoms with van der Waals surface area (Å²) >= 11 is 13.0. The number of benzene rings is 1. The van der Waals surface area contributed by atoms with Crippen LogP contribution in [0, 0.1) is 0 Å². The summed E-state index contributed by atoms with van der Waals surface area (Å²) in [4.78, 5) is 5.10. The molecule has 0 radical (unpaired) electrons. The average Bonchev–Trinajstić information content (AvgIpc) is 2.96. The van der Waals surface area contributed by atoms with Gasteiger partial charge in [0, 0.05) is 23.2 Å². The zero-order valence-electron chi connectivity index (χ0n) is 11.6. The van der Waals surface area contributed by atoms with E-state index in [-0.39, 0.29) is 16.7 Å². The van der Waals surface area contributed by atoms with E-state index >= 15 is 0 Å². The Morgan fingerprint density at radius 3 is 2.61 bits per heavy atom. The quantitative estimate of drug-likeness (QED) is 0.630. The number of aromatic hydroxyl groups is 2. The van der Waals surface area contributed by atoms with Crippen LogP contribution in [0.2, 0.25) is 10.0 Å². The van der Waals surface area contributed by atoms with Crippen LogP contribution in [-0.4, -0.2) is 19.6 Å². The number of nitrogens with one attached hydrogen (secondary N) is 1. The zero-order valence-corrected chi connectivity index (χ0v) is 14.0. The van der Waals surface area contributed by atoms with E-state index in [0.717, 1.165) is 16.3 Å². The molecule has 0 unspecified atom stereocenters. The molecule has 3 aromatic rings. The molecular weight excluding hydrogens is 357 g/mol. The van der Waals surface area contributed by atoms with Crippen molar-refractivity contribution in [2.45, 2.75) is 6.54 Å². The van der Waals surface area contributed by atoms with Crippen LogP contribution in [0.25, 0.3) is 10.6 Å². The lowest BCUT2D eigenvalue weighted by atomic mass is 10.2. The second kappa shape index (κ2) is 6.62. The molecule has 0 amide bonds. The summed E-state index contributed by atoms with van der Waals surface area (Å²) < 4.78 is 3.81. The fraction of sp³-hybridized carbons (Fsp3) is 0.0667. The van der Waals surface area contributed by atoms with Gasteiger partial charge in [0.25, 0.3) is 0 Å². The van der Waals surface area contributed by atoms with Gasteiger partial charge in [-0.2, -0.15) is 4.37 Å². The second-order valence-electron chi connectivity index (χ2n) is 4.73. The first-order valence-electron chi connectivity index (χ1n) is 6.56. The van der Waals surface area contributed by atoms with Crippen molar-refractivity contribution in [3.63, 3.8) is 0 Å². The zero-order chi connectivity index (χ0) is 16.4. The SMILES string of the molecule is Oc1cc(-c2ccc(NCc3cc(Cl)cc(Cl)c3O)cn2)sn1. The highest BCUT2D eigenvalue weighted by atomic mass is 35.5. The third kappa shape index (κ3) is 3.67. The Balaban J connectivity index is 1.72. The van der Waals surface area contributed by atoms with Crippen LogP contribution in [0.1, 0.15) is 5.56 Å². The molecule has 1 aromatic carbocycles. The van der Waals surface area contributed by atoms with Gasteiger partial charge in [-0.15, -0.1) is 0 Å². The maximum Gasteiger partial charge on any atom is 0.223 e. The Morgan fingerprint density at radius 1 is 1.13 bits per heavy atom. The van der Waals surface area contributed by atoms with Crippen LogP contribution in [0.15, 0.2) is 36.5 Å². The Hall–Kier alpha value is -2.02. The Kier molecular flexibility index (Phi) is 4.56. The van der Waals surface area contributed by atoms with E-state index in [2.05, 4.69) is 14.7 Å². The smallest absolute Gasteiger partial charge is 0.223 e. The van der Waals surface area contributed by atoms with Crippen molar-refractivity contribution < 1.29 is 10.2 Å². The maximum absolute atomic E-state index is 9.92. The van der Waals surface area contributed by atoms with Gasteiger partial charge in [0.05, 0.1) is 27.5 Å². The van der Waals surface area contributed by atoms with Crippen LogP contribution in [0.5, 0.6) is 11.6 Å². The van der Waals surface area contributed by atoms with Gasteiger partial charge >= 0.3 is 0 Å². The van der Waals surface area contributed by atoms with E-state index in [4.69, 9.17) is 23.2 Å². The van der Waals surface area contributed by atoms with Crippen molar-refractivity contribution >= 4 is 40.4 Å². The molecule has 23 heavy (non-hydrogen) atoms. The molecular formula is C15H11Cl2N3O2S. The molecule has 0 bridgehead atoms. The first-order chi connectivity index (χ1) is 11.0. The van der Waals surface area contributed by atoms with Crippen molar-refractivity contribution in [3.8, 4) is 22.2 Å². The standard InChI is InChI=1S/C15H11Cl2N3O2S/c16-9-3-8(15(22)11(17)4-9)6-18-10-1-2-12(19-7-10)13-5-14(21)20-23-13/h1-5,7,18,22H,6H2,(H,20,21). The topological polar surface area (TPSA) is 78.3 Å².